The molecule has 112 valence electrons. The van der Waals surface area contributed by atoms with Crippen molar-refractivity contribution in [2.24, 2.45) is 5.73 Å². The molecule has 0 aliphatic heterocycles. The van der Waals surface area contributed by atoms with Gasteiger partial charge in [-0.1, -0.05) is 19.3 Å². The second-order valence-corrected chi connectivity index (χ2v) is 4.65. The molecule has 0 aromatic carbocycles. The second kappa shape index (κ2) is 10.9. The molecular formula is C12H25ClN4O2. The Kier molecular flexibility index (Phi) is 10.3. The van der Waals surface area contributed by atoms with Crippen LogP contribution in [0, 0.1) is 0 Å². The number of rotatable bonds is 6. The van der Waals surface area contributed by atoms with Crippen molar-refractivity contribution in [3.63, 3.8) is 0 Å². The fourth-order valence-electron chi connectivity index (χ4n) is 2.04. The molecule has 3 amide bonds. The van der Waals surface area contributed by atoms with Gasteiger partial charge in [-0.15, -0.1) is 12.4 Å². The van der Waals surface area contributed by atoms with Crippen molar-refractivity contribution >= 4 is 24.3 Å². The monoisotopic (exact) mass is 292 g/mol. The van der Waals surface area contributed by atoms with Gasteiger partial charge in [0.05, 0.1) is 6.54 Å². The minimum atomic E-state index is -0.254. The lowest BCUT2D eigenvalue weighted by atomic mass is 9.96. The van der Waals surface area contributed by atoms with E-state index in [1.165, 1.54) is 19.3 Å². The lowest BCUT2D eigenvalue weighted by Gasteiger charge is -2.22. The number of urea groups is 1. The van der Waals surface area contributed by atoms with Crippen LogP contribution in [0.2, 0.25) is 0 Å². The minimum absolute atomic E-state index is 0. The van der Waals surface area contributed by atoms with Gasteiger partial charge in [-0.3, -0.25) is 4.79 Å². The third-order valence-corrected chi connectivity index (χ3v) is 3.05. The van der Waals surface area contributed by atoms with E-state index in [0.29, 0.717) is 13.1 Å². The summed E-state index contributed by atoms with van der Waals surface area (Å²) in [6.07, 6.45) is 6.42. The number of nitrogens with two attached hydrogens (primary N) is 1. The number of hydrogen-bond acceptors (Lipinski definition) is 3. The van der Waals surface area contributed by atoms with E-state index in [-0.39, 0.29) is 36.9 Å². The molecule has 0 saturated heterocycles. The van der Waals surface area contributed by atoms with Crippen molar-refractivity contribution < 1.29 is 9.59 Å². The van der Waals surface area contributed by atoms with Gasteiger partial charge in [0.2, 0.25) is 5.91 Å². The van der Waals surface area contributed by atoms with Gasteiger partial charge in [0, 0.05) is 12.6 Å². The van der Waals surface area contributed by atoms with E-state index < -0.39 is 0 Å². The van der Waals surface area contributed by atoms with Crippen LogP contribution >= 0.6 is 12.4 Å². The van der Waals surface area contributed by atoms with Gasteiger partial charge in [0.25, 0.3) is 0 Å². The van der Waals surface area contributed by atoms with Crippen LogP contribution < -0.4 is 21.7 Å². The van der Waals surface area contributed by atoms with E-state index in [2.05, 4.69) is 16.0 Å². The summed E-state index contributed by atoms with van der Waals surface area (Å²) in [6, 6.07) is 0.00919. The molecule has 1 saturated carbocycles. The third-order valence-electron chi connectivity index (χ3n) is 3.05. The van der Waals surface area contributed by atoms with Crippen LogP contribution in [0.15, 0.2) is 0 Å². The molecule has 0 bridgehead atoms. The highest BCUT2D eigenvalue weighted by Gasteiger charge is 2.15. The summed E-state index contributed by atoms with van der Waals surface area (Å²) in [7, 11) is 0. The fourth-order valence-corrected chi connectivity index (χ4v) is 2.04. The van der Waals surface area contributed by atoms with Crippen molar-refractivity contribution in [2.75, 3.05) is 19.6 Å². The maximum Gasteiger partial charge on any atom is 0.315 e. The van der Waals surface area contributed by atoms with Crippen LogP contribution in [0.3, 0.4) is 0 Å². The Hall–Kier alpha value is -1.01. The summed E-state index contributed by atoms with van der Waals surface area (Å²) in [5, 5.41) is 8.14. The largest absolute Gasteiger partial charge is 0.355 e. The van der Waals surface area contributed by atoms with Crippen LogP contribution in [-0.2, 0) is 4.79 Å². The molecule has 0 unspecified atom stereocenters. The van der Waals surface area contributed by atoms with E-state index in [1.54, 1.807) is 0 Å². The van der Waals surface area contributed by atoms with Gasteiger partial charge in [-0.25, -0.2) is 4.79 Å². The van der Waals surface area contributed by atoms with Gasteiger partial charge in [-0.2, -0.15) is 0 Å². The molecule has 0 atom stereocenters. The summed E-state index contributed by atoms with van der Waals surface area (Å²) in [5.74, 6) is -0.178. The molecule has 7 heteroatoms. The maximum atomic E-state index is 11.5. The Bertz CT molecular complexity index is 270. The molecule has 19 heavy (non-hydrogen) atoms. The maximum absolute atomic E-state index is 11.5. The molecule has 1 rings (SSSR count). The highest BCUT2D eigenvalue weighted by molar-refractivity contribution is 5.85. The fraction of sp³-hybridized carbons (Fsp3) is 0.833. The van der Waals surface area contributed by atoms with E-state index >= 15 is 0 Å². The molecule has 5 N–H and O–H groups in total. The number of carbonyl (C=O) groups excluding carboxylic acids is 2. The molecule has 1 fully saturated rings. The summed E-state index contributed by atoms with van der Waals surface area (Å²) in [4.78, 5) is 22.8. The number of hydrogen-bond donors (Lipinski definition) is 4. The van der Waals surface area contributed by atoms with Crippen molar-refractivity contribution in [3.05, 3.63) is 0 Å². The summed E-state index contributed by atoms with van der Waals surface area (Å²) in [5.41, 5.74) is 5.31. The number of carbonyl (C=O) groups is 2. The normalized spacial score (nSPS) is 15.2. The highest BCUT2D eigenvalue weighted by Crippen LogP contribution is 2.16. The zero-order chi connectivity index (χ0) is 13.2. The second-order valence-electron chi connectivity index (χ2n) is 4.65. The van der Waals surface area contributed by atoms with Crippen molar-refractivity contribution in [1.82, 2.24) is 16.0 Å². The molecule has 1 aliphatic carbocycles. The summed E-state index contributed by atoms with van der Waals surface area (Å²) < 4.78 is 0. The van der Waals surface area contributed by atoms with Crippen LogP contribution in [-0.4, -0.2) is 37.6 Å². The van der Waals surface area contributed by atoms with Gasteiger partial charge < -0.3 is 21.7 Å². The first-order valence-corrected chi connectivity index (χ1v) is 6.73. The molecular weight excluding hydrogens is 268 g/mol. The predicted octanol–water partition coefficient (Wildman–Crippen LogP) is 0.505. The zero-order valence-electron chi connectivity index (χ0n) is 11.2. The Morgan fingerprint density at radius 1 is 1.11 bits per heavy atom. The Morgan fingerprint density at radius 2 is 1.79 bits per heavy atom. The number of halogens is 1. The first-order valence-electron chi connectivity index (χ1n) is 6.73. The smallest absolute Gasteiger partial charge is 0.315 e. The van der Waals surface area contributed by atoms with Crippen molar-refractivity contribution in [1.29, 1.82) is 0 Å². The summed E-state index contributed by atoms with van der Waals surface area (Å²) in [6.45, 7) is 1.13. The first-order chi connectivity index (χ1) is 8.72. The van der Waals surface area contributed by atoms with E-state index in [1.807, 2.05) is 0 Å². The standard InChI is InChI=1S/C12H24N4O2.ClH/c13-7-4-8-14-11(17)9-15-12(18)16-10-5-2-1-3-6-10;/h10H,1-9,13H2,(H,14,17)(H2,15,16,18);1H. The highest BCUT2D eigenvalue weighted by atomic mass is 35.5. The molecule has 0 spiro atoms. The quantitative estimate of drug-likeness (QED) is 0.537. The first kappa shape index (κ1) is 18.0. The van der Waals surface area contributed by atoms with Gasteiger partial charge in [0.15, 0.2) is 0 Å². The van der Waals surface area contributed by atoms with Gasteiger partial charge in [0.1, 0.15) is 0 Å². The predicted molar refractivity (Wildman–Crippen MR) is 77.3 cm³/mol. The van der Waals surface area contributed by atoms with Crippen LogP contribution in [0.5, 0.6) is 0 Å². The molecule has 0 aromatic rings. The van der Waals surface area contributed by atoms with Crippen molar-refractivity contribution in [2.45, 2.75) is 44.6 Å². The Labute approximate surface area is 120 Å². The molecule has 0 heterocycles. The lowest BCUT2D eigenvalue weighted by Crippen LogP contribution is -2.46. The lowest BCUT2D eigenvalue weighted by molar-refractivity contribution is -0.120. The van der Waals surface area contributed by atoms with Gasteiger partial charge in [-0.05, 0) is 25.8 Å². The molecule has 6 nitrogen and oxygen atoms in total. The van der Waals surface area contributed by atoms with Crippen LogP contribution in [0.25, 0.3) is 0 Å². The van der Waals surface area contributed by atoms with Crippen molar-refractivity contribution in [3.8, 4) is 0 Å². The van der Waals surface area contributed by atoms with Crippen LogP contribution in [0.4, 0.5) is 4.79 Å². The van der Waals surface area contributed by atoms with E-state index in [0.717, 1.165) is 19.3 Å². The van der Waals surface area contributed by atoms with Gasteiger partial charge >= 0.3 is 6.03 Å². The Morgan fingerprint density at radius 3 is 2.42 bits per heavy atom. The van der Waals surface area contributed by atoms with Crippen LogP contribution in [0.1, 0.15) is 38.5 Å². The molecule has 0 radical (unpaired) electrons. The zero-order valence-corrected chi connectivity index (χ0v) is 12.1. The number of nitrogens with one attached hydrogen (secondary N) is 3. The van der Waals surface area contributed by atoms with E-state index in [4.69, 9.17) is 5.73 Å². The topological polar surface area (TPSA) is 96.2 Å². The summed E-state index contributed by atoms with van der Waals surface area (Å²) >= 11 is 0. The molecule has 0 aromatic heterocycles. The number of amides is 3. The SMILES string of the molecule is Cl.NCCCNC(=O)CNC(=O)NC1CCCCC1. The van der Waals surface area contributed by atoms with E-state index in [9.17, 15) is 9.59 Å². The molecule has 1 aliphatic rings. The minimum Gasteiger partial charge on any atom is -0.355 e. The third kappa shape index (κ3) is 8.67. The average molecular weight is 293 g/mol. The average Bonchev–Trinajstić information content (AvgIpc) is 2.38. The Balaban J connectivity index is 0.00000324.